The largest absolute Gasteiger partial charge is 0.497 e. The van der Waals surface area contributed by atoms with Gasteiger partial charge in [-0.3, -0.25) is 4.79 Å². The highest BCUT2D eigenvalue weighted by atomic mass is 19.1. The van der Waals surface area contributed by atoms with E-state index in [4.69, 9.17) is 4.74 Å². The second-order valence-corrected chi connectivity index (χ2v) is 4.75. The van der Waals surface area contributed by atoms with Crippen LogP contribution in [0, 0.1) is 0 Å². The maximum Gasteiger partial charge on any atom is 0.251 e. The second-order valence-electron chi connectivity index (χ2n) is 4.75. The van der Waals surface area contributed by atoms with Gasteiger partial charge in [-0.2, -0.15) is 0 Å². The van der Waals surface area contributed by atoms with Gasteiger partial charge in [0.15, 0.2) is 6.67 Å². The predicted octanol–water partition coefficient (Wildman–Crippen LogP) is 2.01. The molecule has 0 fully saturated rings. The van der Waals surface area contributed by atoms with Crippen LogP contribution < -0.4 is 10.1 Å². The van der Waals surface area contributed by atoms with Crippen LogP contribution in [-0.2, 0) is 4.79 Å². The van der Waals surface area contributed by atoms with Crippen molar-refractivity contribution in [2.75, 3.05) is 26.9 Å². The molecule has 0 heterocycles. The Morgan fingerprint density at radius 3 is 2.86 bits per heavy atom. The van der Waals surface area contributed by atoms with Gasteiger partial charge in [0.1, 0.15) is 5.75 Å². The zero-order valence-corrected chi connectivity index (χ0v) is 11.8. The molecular formula is C16H18FNO3. The van der Waals surface area contributed by atoms with Gasteiger partial charge in [-0.15, -0.1) is 0 Å². The fraction of sp³-hybridized carbons (Fsp3) is 0.312. The monoisotopic (exact) mass is 291 g/mol. The maximum absolute atomic E-state index is 12.2. The highest BCUT2D eigenvalue weighted by molar-refractivity contribution is 5.87. The van der Waals surface area contributed by atoms with Crippen molar-refractivity contribution in [3.05, 3.63) is 42.0 Å². The topological polar surface area (TPSA) is 58.6 Å². The number of halogens is 1. The maximum atomic E-state index is 12.2. The Morgan fingerprint density at radius 2 is 2.19 bits per heavy atom. The van der Waals surface area contributed by atoms with E-state index in [2.05, 4.69) is 5.32 Å². The molecule has 4 nitrogen and oxygen atoms in total. The zero-order chi connectivity index (χ0) is 15.2. The van der Waals surface area contributed by atoms with Crippen molar-refractivity contribution in [3.8, 4) is 5.75 Å². The Morgan fingerprint density at radius 1 is 1.38 bits per heavy atom. The molecule has 2 aromatic rings. The minimum atomic E-state index is -1.05. The fourth-order valence-electron chi connectivity index (χ4n) is 2.32. The third-order valence-corrected chi connectivity index (χ3v) is 3.45. The summed E-state index contributed by atoms with van der Waals surface area (Å²) in [4.78, 5) is 11.0. The smallest absolute Gasteiger partial charge is 0.251 e. The van der Waals surface area contributed by atoms with Gasteiger partial charge in [0.25, 0.3) is 5.91 Å². The van der Waals surface area contributed by atoms with E-state index in [1.165, 1.54) is 0 Å². The van der Waals surface area contributed by atoms with E-state index in [-0.39, 0.29) is 19.1 Å². The number of alkyl halides is 1. The van der Waals surface area contributed by atoms with E-state index in [1.54, 1.807) is 7.11 Å². The number of rotatable bonds is 6. The van der Waals surface area contributed by atoms with Gasteiger partial charge >= 0.3 is 0 Å². The third kappa shape index (κ3) is 3.49. The molecule has 2 N–H and O–H groups in total. The molecule has 0 radical (unpaired) electrons. The Balaban J connectivity index is 2.35. The van der Waals surface area contributed by atoms with E-state index in [9.17, 15) is 14.3 Å². The molecule has 0 aromatic heterocycles. The quantitative estimate of drug-likeness (QED) is 0.856. The molecule has 0 unspecified atom stereocenters. The van der Waals surface area contributed by atoms with Crippen LogP contribution in [-0.4, -0.2) is 37.9 Å². The van der Waals surface area contributed by atoms with Gasteiger partial charge in [-0.1, -0.05) is 24.3 Å². The highest BCUT2D eigenvalue weighted by Gasteiger charge is 2.15. The first-order valence-electron chi connectivity index (χ1n) is 6.69. The molecule has 112 valence electrons. The molecule has 2 rings (SSSR count). The summed E-state index contributed by atoms with van der Waals surface area (Å²) in [5, 5.41) is 14.0. The van der Waals surface area contributed by atoms with E-state index >= 15 is 0 Å². The zero-order valence-electron chi connectivity index (χ0n) is 11.8. The number of nitrogens with one attached hydrogen (secondary N) is 1. The summed E-state index contributed by atoms with van der Waals surface area (Å²) in [7, 11) is 1.59. The van der Waals surface area contributed by atoms with Crippen LogP contribution in [0.4, 0.5) is 4.39 Å². The van der Waals surface area contributed by atoms with Crippen molar-refractivity contribution in [1.82, 2.24) is 5.32 Å². The summed E-state index contributed by atoms with van der Waals surface area (Å²) < 4.78 is 17.4. The van der Waals surface area contributed by atoms with Crippen LogP contribution in [0.1, 0.15) is 11.5 Å². The molecule has 0 saturated heterocycles. The van der Waals surface area contributed by atoms with Crippen LogP contribution >= 0.6 is 0 Å². The number of carbonyl (C=O) groups is 1. The molecule has 1 amide bonds. The van der Waals surface area contributed by atoms with E-state index in [1.807, 2.05) is 36.4 Å². The van der Waals surface area contributed by atoms with Crippen LogP contribution in [0.15, 0.2) is 36.4 Å². The summed E-state index contributed by atoms with van der Waals surface area (Å²) in [5.41, 5.74) is 0.896. The second kappa shape index (κ2) is 7.04. The molecule has 5 heteroatoms. The molecular weight excluding hydrogens is 273 g/mol. The first-order chi connectivity index (χ1) is 10.2. The standard InChI is InChI=1S/C16H18FNO3/c1-21-13-6-5-11-3-2-4-14(15(11)7-13)12(10-19)9-18-16(20)8-17/h2-7,12,19H,8-10H2,1H3,(H,18,20)/t12-/m0/s1. The number of hydrogen-bond acceptors (Lipinski definition) is 3. The van der Waals surface area contributed by atoms with Gasteiger partial charge in [0, 0.05) is 12.5 Å². The number of aliphatic hydroxyl groups excluding tert-OH is 1. The number of carbonyl (C=O) groups excluding carboxylic acids is 1. The normalized spacial score (nSPS) is 12.1. The predicted molar refractivity (Wildman–Crippen MR) is 79.3 cm³/mol. The summed E-state index contributed by atoms with van der Waals surface area (Å²) in [6.07, 6.45) is 0. The summed E-state index contributed by atoms with van der Waals surface area (Å²) in [6.45, 7) is -1.00. The number of methoxy groups -OCH3 is 1. The lowest BCUT2D eigenvalue weighted by Crippen LogP contribution is -2.30. The average Bonchev–Trinajstić information content (AvgIpc) is 2.54. The lowest BCUT2D eigenvalue weighted by atomic mass is 9.93. The van der Waals surface area contributed by atoms with Crippen molar-refractivity contribution < 1.29 is 19.0 Å². The summed E-state index contributed by atoms with van der Waals surface area (Å²) in [6, 6.07) is 11.4. The fourth-order valence-corrected chi connectivity index (χ4v) is 2.32. The van der Waals surface area contributed by atoms with Crippen LogP contribution in [0.5, 0.6) is 5.75 Å². The van der Waals surface area contributed by atoms with E-state index in [0.717, 1.165) is 22.1 Å². The summed E-state index contributed by atoms with van der Waals surface area (Å²) >= 11 is 0. The number of aliphatic hydroxyl groups is 1. The van der Waals surface area contributed by atoms with Gasteiger partial charge in [0.2, 0.25) is 0 Å². The molecule has 1 atom stereocenters. The summed E-state index contributed by atoms with van der Waals surface area (Å²) in [5.74, 6) is -0.248. The van der Waals surface area contributed by atoms with Crippen molar-refractivity contribution in [2.45, 2.75) is 5.92 Å². The molecule has 0 aliphatic carbocycles. The van der Waals surface area contributed by atoms with E-state index < -0.39 is 12.6 Å². The lowest BCUT2D eigenvalue weighted by Gasteiger charge is -2.18. The molecule has 2 aromatic carbocycles. The first-order valence-corrected chi connectivity index (χ1v) is 6.69. The number of hydrogen-bond donors (Lipinski definition) is 2. The van der Waals surface area contributed by atoms with Gasteiger partial charge in [-0.05, 0) is 28.5 Å². The van der Waals surface area contributed by atoms with Crippen molar-refractivity contribution in [1.29, 1.82) is 0 Å². The molecule has 21 heavy (non-hydrogen) atoms. The van der Waals surface area contributed by atoms with Crippen molar-refractivity contribution in [3.63, 3.8) is 0 Å². The SMILES string of the molecule is COc1ccc2cccc([C@H](CO)CNC(=O)CF)c2c1. The Labute approximate surface area is 122 Å². The molecule has 0 aliphatic rings. The Bertz CT molecular complexity index is 630. The molecule has 0 spiro atoms. The van der Waals surface area contributed by atoms with Gasteiger partial charge in [-0.25, -0.2) is 4.39 Å². The molecule has 0 aliphatic heterocycles. The van der Waals surface area contributed by atoms with E-state index in [0.29, 0.717) is 0 Å². The van der Waals surface area contributed by atoms with Crippen LogP contribution in [0.2, 0.25) is 0 Å². The molecule has 0 saturated carbocycles. The van der Waals surface area contributed by atoms with Crippen molar-refractivity contribution in [2.24, 2.45) is 0 Å². The van der Waals surface area contributed by atoms with Crippen LogP contribution in [0.3, 0.4) is 0 Å². The Hall–Kier alpha value is -2.14. The number of benzene rings is 2. The van der Waals surface area contributed by atoms with Gasteiger partial charge < -0.3 is 15.2 Å². The van der Waals surface area contributed by atoms with Gasteiger partial charge in [0.05, 0.1) is 13.7 Å². The minimum Gasteiger partial charge on any atom is -0.497 e. The Kier molecular flexibility index (Phi) is 5.11. The highest BCUT2D eigenvalue weighted by Crippen LogP contribution is 2.28. The number of fused-ring (bicyclic) bond motifs is 1. The average molecular weight is 291 g/mol. The number of ether oxygens (including phenoxy) is 1. The minimum absolute atomic E-state index is 0.136. The third-order valence-electron chi connectivity index (χ3n) is 3.45. The van der Waals surface area contributed by atoms with Crippen molar-refractivity contribution >= 4 is 16.7 Å². The first kappa shape index (κ1) is 15.3. The lowest BCUT2D eigenvalue weighted by molar-refractivity contribution is -0.122. The van der Waals surface area contributed by atoms with Crippen LogP contribution in [0.25, 0.3) is 10.8 Å². The molecule has 0 bridgehead atoms. The number of amides is 1.